The van der Waals surface area contributed by atoms with E-state index in [1.165, 1.54) is 56.5 Å². The summed E-state index contributed by atoms with van der Waals surface area (Å²) in [6.45, 7) is 1.96. The van der Waals surface area contributed by atoms with E-state index in [1.54, 1.807) is 6.07 Å². The average Bonchev–Trinajstić information content (AvgIpc) is 3.29. The lowest BCUT2D eigenvalue weighted by atomic mass is 9.92. The molecular formula is C26H23F3O8. The average molecular weight is 520 g/mol. The number of methoxy groups -OCH3 is 1. The molecule has 2 heterocycles. The van der Waals surface area contributed by atoms with E-state index in [-0.39, 0.29) is 11.3 Å². The maximum atomic E-state index is 14.3. The molecule has 1 N–H and O–H groups in total. The highest BCUT2D eigenvalue weighted by atomic mass is 19.4. The number of benzene rings is 2. The molecule has 2 aromatic carbocycles. The fourth-order valence-electron chi connectivity index (χ4n) is 3.91. The van der Waals surface area contributed by atoms with Crippen molar-refractivity contribution in [3.05, 3.63) is 76.8 Å². The first-order valence-corrected chi connectivity index (χ1v) is 11.1. The van der Waals surface area contributed by atoms with Crippen LogP contribution in [-0.2, 0) is 19.9 Å². The van der Waals surface area contributed by atoms with Crippen molar-refractivity contribution in [2.75, 3.05) is 13.7 Å². The zero-order chi connectivity index (χ0) is 27.0. The fourth-order valence-corrected chi connectivity index (χ4v) is 3.91. The van der Waals surface area contributed by atoms with Crippen LogP contribution in [0.2, 0.25) is 0 Å². The predicted molar refractivity (Wildman–Crippen MR) is 125 cm³/mol. The highest BCUT2D eigenvalue weighted by Crippen LogP contribution is 2.43. The third-order valence-electron chi connectivity index (χ3n) is 5.90. The van der Waals surface area contributed by atoms with Gasteiger partial charge in [0.1, 0.15) is 23.5 Å². The smallest absolute Gasteiger partial charge is 0.432 e. The number of rotatable bonds is 8. The van der Waals surface area contributed by atoms with Gasteiger partial charge in [0.05, 0.1) is 22.6 Å². The van der Waals surface area contributed by atoms with E-state index in [1.807, 2.05) is 0 Å². The van der Waals surface area contributed by atoms with Crippen molar-refractivity contribution in [2.45, 2.75) is 37.3 Å². The summed E-state index contributed by atoms with van der Waals surface area (Å²) in [5.41, 5.74) is -5.93. The predicted octanol–water partition coefficient (Wildman–Crippen LogP) is 4.70. The molecule has 0 amide bonds. The molecule has 8 nitrogen and oxygen atoms in total. The number of carbonyl (C=O) groups excluding carboxylic acids is 1. The zero-order valence-electron chi connectivity index (χ0n) is 20.0. The number of halogens is 3. The van der Waals surface area contributed by atoms with E-state index < -0.39 is 47.2 Å². The van der Waals surface area contributed by atoms with Gasteiger partial charge in [0, 0.05) is 24.8 Å². The Hall–Kier alpha value is -3.83. The second-order valence-corrected chi connectivity index (χ2v) is 8.81. The molecule has 4 rings (SSSR count). The van der Waals surface area contributed by atoms with Gasteiger partial charge in [-0.25, -0.2) is 9.59 Å². The molecule has 0 bridgehead atoms. The quantitative estimate of drug-likeness (QED) is 0.263. The number of carbonyl (C=O) groups is 1. The van der Waals surface area contributed by atoms with E-state index in [4.69, 9.17) is 23.0 Å². The minimum atomic E-state index is -5.19. The Balaban J connectivity index is 1.70. The maximum Gasteiger partial charge on any atom is 0.432 e. The van der Waals surface area contributed by atoms with Crippen LogP contribution in [0.4, 0.5) is 13.2 Å². The molecule has 0 unspecified atom stereocenters. The lowest BCUT2D eigenvalue weighted by Gasteiger charge is -2.36. The van der Waals surface area contributed by atoms with Crippen molar-refractivity contribution >= 4 is 27.9 Å². The molecule has 0 aliphatic rings. The minimum Gasteiger partial charge on any atom is -0.488 e. The second kappa shape index (κ2) is 9.56. The first kappa shape index (κ1) is 26.2. The summed E-state index contributed by atoms with van der Waals surface area (Å²) in [5.74, 6) is -1.62. The molecule has 0 saturated heterocycles. The van der Waals surface area contributed by atoms with Crippen LogP contribution in [0.1, 0.15) is 19.4 Å². The van der Waals surface area contributed by atoms with Crippen molar-refractivity contribution in [1.29, 1.82) is 0 Å². The summed E-state index contributed by atoms with van der Waals surface area (Å²) in [6.07, 6.45) is -5.40. The molecule has 0 spiro atoms. The van der Waals surface area contributed by atoms with Gasteiger partial charge in [0.2, 0.25) is 0 Å². The Labute approximate surface area is 208 Å². The molecule has 11 heteroatoms. The van der Waals surface area contributed by atoms with Gasteiger partial charge in [-0.3, -0.25) is 0 Å². The number of aliphatic hydroxyl groups is 1. The number of alkyl halides is 3. The minimum absolute atomic E-state index is 0.140. The molecule has 0 fully saturated rings. The van der Waals surface area contributed by atoms with Gasteiger partial charge in [-0.1, -0.05) is 30.3 Å². The Morgan fingerprint density at radius 3 is 2.32 bits per heavy atom. The first-order valence-electron chi connectivity index (χ1n) is 11.1. The fraction of sp³-hybridized carbons (Fsp3) is 0.308. The van der Waals surface area contributed by atoms with Gasteiger partial charge in [0.25, 0.3) is 5.60 Å². The molecule has 2 aromatic heterocycles. The second-order valence-electron chi connectivity index (χ2n) is 8.81. The summed E-state index contributed by atoms with van der Waals surface area (Å²) < 4.78 is 69.3. The number of esters is 1. The molecule has 0 radical (unpaired) electrons. The molecule has 0 aliphatic carbocycles. The van der Waals surface area contributed by atoms with E-state index >= 15 is 0 Å². The summed E-state index contributed by atoms with van der Waals surface area (Å²) in [6, 6.07) is 12.0. The Kier molecular flexibility index (Phi) is 6.78. The Morgan fingerprint density at radius 2 is 1.70 bits per heavy atom. The molecule has 37 heavy (non-hydrogen) atoms. The number of fused-ring (bicyclic) bond motifs is 2. The largest absolute Gasteiger partial charge is 0.488 e. The number of ether oxygens (including phenoxy) is 3. The van der Waals surface area contributed by atoms with E-state index in [0.717, 1.165) is 19.2 Å². The van der Waals surface area contributed by atoms with Gasteiger partial charge in [0.15, 0.2) is 6.10 Å². The van der Waals surface area contributed by atoms with Crippen LogP contribution >= 0.6 is 0 Å². The normalized spacial score (nSPS) is 14.9. The van der Waals surface area contributed by atoms with Gasteiger partial charge < -0.3 is 28.2 Å². The lowest BCUT2D eigenvalue weighted by Crippen LogP contribution is -2.55. The van der Waals surface area contributed by atoms with Gasteiger partial charge in [-0.15, -0.1) is 0 Å². The molecule has 196 valence electrons. The zero-order valence-corrected chi connectivity index (χ0v) is 20.0. The number of furan rings is 1. The van der Waals surface area contributed by atoms with Gasteiger partial charge in [-0.05, 0) is 26.0 Å². The monoisotopic (exact) mass is 520 g/mol. The summed E-state index contributed by atoms with van der Waals surface area (Å²) in [5, 5.41) is 11.5. The van der Waals surface area contributed by atoms with Gasteiger partial charge >= 0.3 is 17.8 Å². The Morgan fingerprint density at radius 1 is 1.03 bits per heavy atom. The van der Waals surface area contributed by atoms with Crippen LogP contribution in [0.5, 0.6) is 5.75 Å². The Bertz CT molecular complexity index is 1470. The van der Waals surface area contributed by atoms with Crippen molar-refractivity contribution in [3.63, 3.8) is 0 Å². The summed E-state index contributed by atoms with van der Waals surface area (Å²) >= 11 is 0. The summed E-state index contributed by atoms with van der Waals surface area (Å²) in [7, 11) is 0.747. The molecule has 4 aromatic rings. The van der Waals surface area contributed by atoms with Crippen LogP contribution in [0.3, 0.4) is 0 Å². The highest BCUT2D eigenvalue weighted by Gasteiger charge is 2.64. The van der Waals surface area contributed by atoms with Crippen LogP contribution in [0, 0.1) is 0 Å². The maximum absolute atomic E-state index is 14.3. The molecule has 0 saturated carbocycles. The van der Waals surface area contributed by atoms with E-state index in [0.29, 0.717) is 16.4 Å². The topological polar surface area (TPSA) is 108 Å². The van der Waals surface area contributed by atoms with Crippen molar-refractivity contribution in [3.8, 4) is 5.75 Å². The van der Waals surface area contributed by atoms with Crippen LogP contribution in [0.15, 0.2) is 74.5 Å². The van der Waals surface area contributed by atoms with Crippen molar-refractivity contribution in [2.24, 2.45) is 0 Å². The highest BCUT2D eigenvalue weighted by molar-refractivity contribution is 6.01. The van der Waals surface area contributed by atoms with Crippen molar-refractivity contribution in [1.82, 2.24) is 0 Å². The molecule has 2 atom stereocenters. The first-order chi connectivity index (χ1) is 17.4. The summed E-state index contributed by atoms with van der Waals surface area (Å²) in [4.78, 5) is 24.8. The number of hydrogen-bond donors (Lipinski definition) is 1. The van der Waals surface area contributed by atoms with E-state index in [9.17, 15) is 27.9 Å². The third-order valence-corrected chi connectivity index (χ3v) is 5.90. The van der Waals surface area contributed by atoms with Gasteiger partial charge in [-0.2, -0.15) is 13.2 Å². The SMILES string of the molecule is CO[C@@](C(=O)O[C@H](COc1c2ccoc2cc2oc(=O)ccc12)C(C)(C)O)(c1ccccc1)C(F)(F)F. The lowest BCUT2D eigenvalue weighted by molar-refractivity contribution is -0.281. The van der Waals surface area contributed by atoms with Crippen molar-refractivity contribution < 1.29 is 46.1 Å². The molecular weight excluding hydrogens is 497 g/mol. The molecule has 0 aliphatic heterocycles. The van der Waals surface area contributed by atoms with Crippen LogP contribution in [-0.4, -0.2) is 42.7 Å². The van der Waals surface area contributed by atoms with E-state index in [2.05, 4.69) is 0 Å². The van der Waals surface area contributed by atoms with Crippen LogP contribution < -0.4 is 10.4 Å². The third kappa shape index (κ3) is 4.79. The number of hydrogen-bond acceptors (Lipinski definition) is 8. The van der Waals surface area contributed by atoms with Crippen LogP contribution in [0.25, 0.3) is 21.9 Å². The standard InChI is InChI=1S/C26H23F3O8/c1-24(2,32)20(37-23(31)25(33-3,26(27,28)29)15-7-5-4-6-8-15)14-35-22-16-9-10-21(30)36-19(16)13-18-17(22)11-12-34-18/h4-13,20,32H,14H2,1-3H3/t20-,25-/m1/s1.